The number of rotatable bonds is 7. The van der Waals surface area contributed by atoms with Crippen LogP contribution in [0.4, 0.5) is 5.69 Å². The molecule has 0 unspecified atom stereocenters. The Kier molecular flexibility index (Phi) is 6.37. The van der Waals surface area contributed by atoms with Crippen molar-refractivity contribution < 1.29 is 14.4 Å². The highest BCUT2D eigenvalue weighted by atomic mass is 16.6. The van der Waals surface area contributed by atoms with E-state index in [-0.39, 0.29) is 17.1 Å². The molecule has 37 heavy (non-hydrogen) atoms. The maximum Gasteiger partial charge on any atom is 0.287 e. The molecule has 0 saturated heterocycles. The Morgan fingerprint density at radius 3 is 2.49 bits per heavy atom. The number of aromatic nitrogens is 3. The molecule has 0 N–H and O–H groups in total. The van der Waals surface area contributed by atoms with Crippen molar-refractivity contribution in [3.63, 3.8) is 0 Å². The van der Waals surface area contributed by atoms with Gasteiger partial charge in [0.2, 0.25) is 5.88 Å². The molecular weight excluding hydrogens is 474 g/mol. The van der Waals surface area contributed by atoms with Crippen LogP contribution < -0.4 is 15.0 Å². The van der Waals surface area contributed by atoms with Crippen molar-refractivity contribution >= 4 is 22.8 Å². The van der Waals surface area contributed by atoms with Gasteiger partial charge in [-0.1, -0.05) is 42.5 Å². The Balaban J connectivity index is 1.50. The van der Waals surface area contributed by atoms with Crippen molar-refractivity contribution in [3.8, 4) is 28.8 Å². The van der Waals surface area contributed by atoms with E-state index in [1.165, 1.54) is 30.1 Å². The molecule has 0 atom stereocenters. The second-order valence-corrected chi connectivity index (χ2v) is 7.80. The van der Waals surface area contributed by atoms with Gasteiger partial charge in [-0.25, -0.2) is 9.97 Å². The lowest BCUT2D eigenvalue weighted by Crippen LogP contribution is -2.20. The summed E-state index contributed by atoms with van der Waals surface area (Å²) in [5.74, 6) is 1.33. The van der Waals surface area contributed by atoms with Gasteiger partial charge in [-0.05, 0) is 35.9 Å². The van der Waals surface area contributed by atoms with Crippen LogP contribution in [0.25, 0.3) is 22.3 Å². The van der Waals surface area contributed by atoms with Crippen LogP contribution in [-0.2, 0) is 0 Å². The Morgan fingerprint density at radius 2 is 1.76 bits per heavy atom. The quantitative estimate of drug-likeness (QED) is 0.177. The van der Waals surface area contributed by atoms with Gasteiger partial charge in [-0.3, -0.25) is 14.9 Å². The molecule has 0 aliphatic rings. The van der Waals surface area contributed by atoms with E-state index in [9.17, 15) is 14.9 Å². The molecule has 0 radical (unpaired) electrons. The summed E-state index contributed by atoms with van der Waals surface area (Å²) in [6.45, 7) is 0. The number of hydrogen-bond donors (Lipinski definition) is 0. The van der Waals surface area contributed by atoms with E-state index in [0.717, 1.165) is 11.8 Å². The van der Waals surface area contributed by atoms with Crippen molar-refractivity contribution in [2.24, 2.45) is 5.10 Å². The number of pyridine rings is 1. The third-order valence-electron chi connectivity index (χ3n) is 5.44. The predicted octanol–water partition coefficient (Wildman–Crippen LogP) is 5.05. The summed E-state index contributed by atoms with van der Waals surface area (Å²) in [5, 5.41) is 15.7. The zero-order valence-corrected chi connectivity index (χ0v) is 19.5. The van der Waals surface area contributed by atoms with Crippen LogP contribution in [-0.4, -0.2) is 32.9 Å². The smallest absolute Gasteiger partial charge is 0.287 e. The number of ether oxygens (including phenoxy) is 2. The summed E-state index contributed by atoms with van der Waals surface area (Å²) in [7, 11) is 1.48. The SMILES string of the molecule is COc1cc(C=Nn2c(-c3ccccc3)nc3ccccc3c2=O)ccc1Oc1ccc([N+](=O)[O-])cn1. The summed E-state index contributed by atoms with van der Waals surface area (Å²) in [6.07, 6.45) is 2.64. The van der Waals surface area contributed by atoms with E-state index in [4.69, 9.17) is 9.47 Å². The van der Waals surface area contributed by atoms with Crippen molar-refractivity contribution in [2.75, 3.05) is 7.11 Å². The molecule has 0 amide bonds. The van der Waals surface area contributed by atoms with E-state index in [2.05, 4.69) is 15.1 Å². The zero-order valence-electron chi connectivity index (χ0n) is 19.5. The first-order valence-electron chi connectivity index (χ1n) is 11.1. The Labute approximate surface area is 210 Å². The minimum atomic E-state index is -0.537. The van der Waals surface area contributed by atoms with Crippen LogP contribution in [0.1, 0.15) is 5.56 Å². The molecule has 0 aliphatic heterocycles. The molecule has 182 valence electrons. The lowest BCUT2D eigenvalue weighted by atomic mass is 10.2. The monoisotopic (exact) mass is 493 g/mol. The van der Waals surface area contributed by atoms with Gasteiger partial charge in [0.05, 0.1) is 29.2 Å². The normalized spacial score (nSPS) is 11.1. The summed E-state index contributed by atoms with van der Waals surface area (Å²) >= 11 is 0. The fourth-order valence-corrected chi connectivity index (χ4v) is 3.63. The Bertz CT molecular complexity index is 1680. The zero-order chi connectivity index (χ0) is 25.8. The molecule has 2 heterocycles. The number of fused-ring (bicyclic) bond motifs is 1. The molecule has 5 rings (SSSR count). The van der Waals surface area contributed by atoms with E-state index in [0.29, 0.717) is 33.8 Å². The highest BCUT2D eigenvalue weighted by molar-refractivity contribution is 5.82. The topological polar surface area (TPSA) is 122 Å². The molecule has 0 bridgehead atoms. The number of methoxy groups -OCH3 is 1. The second kappa shape index (κ2) is 10.1. The van der Waals surface area contributed by atoms with Crippen LogP contribution in [0.3, 0.4) is 0 Å². The first-order valence-corrected chi connectivity index (χ1v) is 11.1. The summed E-state index contributed by atoms with van der Waals surface area (Å²) < 4.78 is 12.4. The van der Waals surface area contributed by atoms with Gasteiger partial charge in [-0.2, -0.15) is 9.78 Å². The van der Waals surface area contributed by atoms with E-state index >= 15 is 0 Å². The van der Waals surface area contributed by atoms with Crippen molar-refractivity contribution in [1.82, 2.24) is 14.6 Å². The molecule has 10 nitrogen and oxygen atoms in total. The standard InChI is InChI=1S/C27H19N5O5/c1-36-24-15-18(11-13-23(24)37-25-14-12-20(17-28-25)32(34)35)16-29-31-26(19-7-3-2-4-8-19)30-22-10-6-5-9-21(22)27(31)33/h2-17H,1H3. The van der Waals surface area contributed by atoms with Crippen LogP contribution in [0, 0.1) is 10.1 Å². The first-order chi connectivity index (χ1) is 18.0. The summed E-state index contributed by atoms with van der Waals surface area (Å²) in [5.41, 5.74) is 1.54. The number of nitrogens with zero attached hydrogens (tertiary/aromatic N) is 5. The minimum Gasteiger partial charge on any atom is -0.493 e. The number of nitro groups is 1. The average Bonchev–Trinajstić information content (AvgIpc) is 2.94. The maximum atomic E-state index is 13.3. The van der Waals surface area contributed by atoms with Gasteiger partial charge < -0.3 is 9.47 Å². The maximum absolute atomic E-state index is 13.3. The van der Waals surface area contributed by atoms with Gasteiger partial charge >= 0.3 is 0 Å². The Hall–Kier alpha value is -5.38. The van der Waals surface area contributed by atoms with Crippen LogP contribution >= 0.6 is 0 Å². The third-order valence-corrected chi connectivity index (χ3v) is 5.44. The van der Waals surface area contributed by atoms with Crippen molar-refractivity contribution in [3.05, 3.63) is 117 Å². The third kappa shape index (κ3) is 4.89. The van der Waals surface area contributed by atoms with Crippen molar-refractivity contribution in [1.29, 1.82) is 0 Å². The highest BCUT2D eigenvalue weighted by Gasteiger charge is 2.13. The van der Waals surface area contributed by atoms with E-state index in [1.54, 1.807) is 36.4 Å². The molecule has 0 aliphatic carbocycles. The van der Waals surface area contributed by atoms with Gasteiger partial charge in [-0.15, -0.1) is 0 Å². The molecule has 0 fully saturated rings. The number of benzene rings is 3. The molecule has 5 aromatic rings. The molecule has 0 spiro atoms. The lowest BCUT2D eigenvalue weighted by Gasteiger charge is -2.11. The summed E-state index contributed by atoms with van der Waals surface area (Å²) in [6, 6.07) is 24.3. The summed E-state index contributed by atoms with van der Waals surface area (Å²) in [4.78, 5) is 32.2. The van der Waals surface area contributed by atoms with Crippen LogP contribution in [0.2, 0.25) is 0 Å². The highest BCUT2D eigenvalue weighted by Crippen LogP contribution is 2.31. The average molecular weight is 493 g/mol. The van der Waals surface area contributed by atoms with Gasteiger partial charge in [0.25, 0.3) is 11.2 Å². The minimum absolute atomic E-state index is 0.140. The molecule has 2 aromatic heterocycles. The first kappa shape index (κ1) is 23.4. The van der Waals surface area contributed by atoms with Gasteiger partial charge in [0.1, 0.15) is 6.20 Å². The fourth-order valence-electron chi connectivity index (χ4n) is 3.63. The number of para-hydroxylation sites is 1. The number of hydrogen-bond acceptors (Lipinski definition) is 8. The second-order valence-electron chi connectivity index (χ2n) is 7.80. The van der Waals surface area contributed by atoms with Crippen LogP contribution in [0.15, 0.2) is 101 Å². The molecule has 10 heteroatoms. The molecule has 3 aromatic carbocycles. The largest absolute Gasteiger partial charge is 0.493 e. The van der Waals surface area contributed by atoms with Gasteiger partial charge in [0, 0.05) is 17.7 Å². The predicted molar refractivity (Wildman–Crippen MR) is 138 cm³/mol. The van der Waals surface area contributed by atoms with E-state index in [1.807, 2.05) is 36.4 Å². The van der Waals surface area contributed by atoms with Crippen molar-refractivity contribution in [2.45, 2.75) is 0 Å². The lowest BCUT2D eigenvalue weighted by molar-refractivity contribution is -0.385. The molecule has 0 saturated carbocycles. The van der Waals surface area contributed by atoms with E-state index < -0.39 is 4.92 Å². The van der Waals surface area contributed by atoms with Crippen LogP contribution in [0.5, 0.6) is 17.4 Å². The molecular formula is C27H19N5O5. The van der Waals surface area contributed by atoms with Gasteiger partial charge in [0.15, 0.2) is 17.3 Å². The fraction of sp³-hybridized carbons (Fsp3) is 0.0370. The Morgan fingerprint density at radius 1 is 0.973 bits per heavy atom.